The molecule has 2 heterocycles. The lowest BCUT2D eigenvalue weighted by Crippen LogP contribution is -2.34. The van der Waals surface area contributed by atoms with Crippen LogP contribution in [0.15, 0.2) is 12.1 Å². The van der Waals surface area contributed by atoms with Gasteiger partial charge in [0.25, 0.3) is 5.91 Å². The van der Waals surface area contributed by atoms with Gasteiger partial charge in [-0.05, 0) is 37.4 Å². The van der Waals surface area contributed by atoms with Crippen LogP contribution in [0.25, 0.3) is 0 Å². The molecule has 1 aliphatic heterocycles. The van der Waals surface area contributed by atoms with Crippen LogP contribution >= 0.6 is 23.7 Å². The zero-order valence-electron chi connectivity index (χ0n) is 10.2. The number of rotatable bonds is 2. The fraction of sp³-hybridized carbons (Fsp3) is 0.583. The van der Waals surface area contributed by atoms with Crippen molar-refractivity contribution >= 4 is 29.7 Å². The number of nitrogens with two attached hydrogens (primary N) is 1. The maximum Gasteiger partial charge on any atom is 0.263 e. The van der Waals surface area contributed by atoms with Crippen LogP contribution in [0.4, 0.5) is 0 Å². The van der Waals surface area contributed by atoms with Gasteiger partial charge >= 0.3 is 0 Å². The molecule has 0 radical (unpaired) electrons. The number of carbonyl (C=O) groups excluding carboxylic acids is 1. The molecule has 2 rings (SSSR count). The predicted octanol–water partition coefficient (Wildman–Crippen LogP) is 2.29. The first-order valence-corrected chi connectivity index (χ1v) is 6.41. The number of thiophene rings is 1. The second-order valence-electron chi connectivity index (χ2n) is 4.90. The van der Waals surface area contributed by atoms with Gasteiger partial charge in [0.15, 0.2) is 0 Å². The lowest BCUT2D eigenvalue weighted by atomic mass is 9.90. The SMILES string of the molecule is Cc1ccc(C(=O)N2CCC(C)(CN)C2)s1.Cl. The minimum Gasteiger partial charge on any atom is -0.337 e. The summed E-state index contributed by atoms with van der Waals surface area (Å²) >= 11 is 1.57. The lowest BCUT2D eigenvalue weighted by molar-refractivity contribution is 0.0781. The first-order valence-electron chi connectivity index (χ1n) is 5.60. The molecule has 3 nitrogen and oxygen atoms in total. The van der Waals surface area contributed by atoms with E-state index >= 15 is 0 Å². The highest BCUT2D eigenvalue weighted by atomic mass is 35.5. The Bertz CT molecular complexity index is 407. The molecule has 1 fully saturated rings. The fourth-order valence-electron chi connectivity index (χ4n) is 2.07. The molecule has 0 aromatic carbocycles. The number of halogens is 1. The molecule has 0 saturated carbocycles. The van der Waals surface area contributed by atoms with Crippen LogP contribution in [0.5, 0.6) is 0 Å². The van der Waals surface area contributed by atoms with E-state index in [1.165, 1.54) is 4.88 Å². The molecule has 1 unspecified atom stereocenters. The quantitative estimate of drug-likeness (QED) is 0.899. The molecule has 2 N–H and O–H groups in total. The van der Waals surface area contributed by atoms with Crippen LogP contribution in [0.2, 0.25) is 0 Å². The normalized spacial score (nSPS) is 23.6. The van der Waals surface area contributed by atoms with E-state index in [9.17, 15) is 4.79 Å². The van der Waals surface area contributed by atoms with E-state index in [2.05, 4.69) is 6.92 Å². The van der Waals surface area contributed by atoms with Gasteiger partial charge in [0.05, 0.1) is 4.88 Å². The van der Waals surface area contributed by atoms with Gasteiger partial charge in [-0.2, -0.15) is 0 Å². The topological polar surface area (TPSA) is 46.3 Å². The summed E-state index contributed by atoms with van der Waals surface area (Å²) in [4.78, 5) is 16.1. The summed E-state index contributed by atoms with van der Waals surface area (Å²) in [6.07, 6.45) is 1.01. The second kappa shape index (κ2) is 5.38. The van der Waals surface area contributed by atoms with Crippen molar-refractivity contribution in [1.29, 1.82) is 0 Å². The summed E-state index contributed by atoms with van der Waals surface area (Å²) in [5, 5.41) is 0. The monoisotopic (exact) mass is 274 g/mol. The van der Waals surface area contributed by atoms with E-state index in [0.29, 0.717) is 6.54 Å². The van der Waals surface area contributed by atoms with Crippen molar-refractivity contribution in [2.75, 3.05) is 19.6 Å². The van der Waals surface area contributed by atoms with Crippen LogP contribution < -0.4 is 5.73 Å². The Morgan fingerprint density at radius 1 is 1.59 bits per heavy atom. The van der Waals surface area contributed by atoms with Crippen molar-refractivity contribution in [3.05, 3.63) is 21.9 Å². The number of carbonyl (C=O) groups is 1. The van der Waals surface area contributed by atoms with Crippen molar-refractivity contribution in [3.63, 3.8) is 0 Å². The first-order chi connectivity index (χ1) is 7.54. The minimum absolute atomic E-state index is 0. The molecule has 1 aromatic rings. The van der Waals surface area contributed by atoms with E-state index in [4.69, 9.17) is 5.73 Å². The highest BCUT2D eigenvalue weighted by Gasteiger charge is 2.35. The van der Waals surface area contributed by atoms with Crippen LogP contribution in [0, 0.1) is 12.3 Å². The summed E-state index contributed by atoms with van der Waals surface area (Å²) in [7, 11) is 0. The molecule has 5 heteroatoms. The number of likely N-dealkylation sites (tertiary alicyclic amines) is 1. The lowest BCUT2D eigenvalue weighted by Gasteiger charge is -2.22. The average Bonchev–Trinajstić information content (AvgIpc) is 2.85. The molecule has 0 spiro atoms. The van der Waals surface area contributed by atoms with E-state index in [1.807, 2.05) is 24.0 Å². The van der Waals surface area contributed by atoms with Crippen molar-refractivity contribution in [2.45, 2.75) is 20.3 Å². The highest BCUT2D eigenvalue weighted by molar-refractivity contribution is 7.13. The van der Waals surface area contributed by atoms with Crippen LogP contribution in [0.3, 0.4) is 0 Å². The molecule has 96 valence electrons. The fourth-order valence-corrected chi connectivity index (χ4v) is 2.90. The van der Waals surface area contributed by atoms with E-state index in [1.54, 1.807) is 11.3 Å². The molecule has 1 atom stereocenters. The smallest absolute Gasteiger partial charge is 0.263 e. The predicted molar refractivity (Wildman–Crippen MR) is 74.0 cm³/mol. The van der Waals surface area contributed by atoms with Crippen molar-refractivity contribution in [3.8, 4) is 0 Å². The minimum atomic E-state index is 0. The number of hydrogen-bond donors (Lipinski definition) is 1. The number of hydrogen-bond acceptors (Lipinski definition) is 3. The zero-order chi connectivity index (χ0) is 11.8. The van der Waals surface area contributed by atoms with Crippen LogP contribution in [-0.2, 0) is 0 Å². The van der Waals surface area contributed by atoms with Gasteiger partial charge in [0, 0.05) is 18.0 Å². The molecular formula is C12H19ClN2OS. The molecule has 17 heavy (non-hydrogen) atoms. The standard InChI is InChI=1S/C12H18N2OS.ClH/c1-9-3-4-10(16-9)11(15)14-6-5-12(2,7-13)8-14;/h3-4H,5-8,13H2,1-2H3;1H. The van der Waals surface area contributed by atoms with Gasteiger partial charge in [0.1, 0.15) is 0 Å². The van der Waals surface area contributed by atoms with Gasteiger partial charge in [0.2, 0.25) is 0 Å². The van der Waals surface area contributed by atoms with Crippen LogP contribution in [-0.4, -0.2) is 30.4 Å². The molecule has 1 aliphatic rings. The summed E-state index contributed by atoms with van der Waals surface area (Å²) in [6, 6.07) is 3.91. The van der Waals surface area contributed by atoms with E-state index < -0.39 is 0 Å². The molecule has 1 aromatic heterocycles. The zero-order valence-corrected chi connectivity index (χ0v) is 11.9. The molecule has 0 bridgehead atoms. The summed E-state index contributed by atoms with van der Waals surface area (Å²) in [5.41, 5.74) is 5.85. The largest absolute Gasteiger partial charge is 0.337 e. The first kappa shape index (κ1) is 14.5. The third kappa shape index (κ3) is 3.00. The third-order valence-corrected chi connectivity index (χ3v) is 4.28. The second-order valence-corrected chi connectivity index (χ2v) is 6.19. The third-order valence-electron chi connectivity index (χ3n) is 3.29. The van der Waals surface area contributed by atoms with Gasteiger partial charge < -0.3 is 10.6 Å². The van der Waals surface area contributed by atoms with Gasteiger partial charge in [-0.3, -0.25) is 4.79 Å². The van der Waals surface area contributed by atoms with Gasteiger partial charge in [-0.15, -0.1) is 23.7 Å². The van der Waals surface area contributed by atoms with Gasteiger partial charge in [-0.1, -0.05) is 6.92 Å². The Balaban J connectivity index is 0.00000144. The Labute approximate surface area is 112 Å². The Hall–Kier alpha value is -0.580. The maximum absolute atomic E-state index is 12.2. The molecule has 0 aliphatic carbocycles. The Morgan fingerprint density at radius 2 is 2.29 bits per heavy atom. The number of nitrogens with zero attached hydrogens (tertiary/aromatic N) is 1. The van der Waals surface area contributed by atoms with Crippen molar-refractivity contribution < 1.29 is 4.79 Å². The van der Waals surface area contributed by atoms with Crippen molar-refractivity contribution in [1.82, 2.24) is 4.90 Å². The Kier molecular flexibility index (Phi) is 4.58. The molecular weight excluding hydrogens is 256 g/mol. The van der Waals surface area contributed by atoms with E-state index in [-0.39, 0.29) is 23.7 Å². The van der Waals surface area contributed by atoms with Crippen molar-refractivity contribution in [2.24, 2.45) is 11.1 Å². The van der Waals surface area contributed by atoms with Gasteiger partial charge in [-0.25, -0.2) is 0 Å². The number of aryl methyl sites for hydroxylation is 1. The Morgan fingerprint density at radius 3 is 2.76 bits per heavy atom. The van der Waals surface area contributed by atoms with E-state index in [0.717, 1.165) is 24.4 Å². The highest BCUT2D eigenvalue weighted by Crippen LogP contribution is 2.30. The van der Waals surface area contributed by atoms with Crippen LogP contribution in [0.1, 0.15) is 27.9 Å². The number of amides is 1. The average molecular weight is 275 g/mol. The molecule has 1 saturated heterocycles. The summed E-state index contributed by atoms with van der Waals surface area (Å²) < 4.78 is 0. The molecule has 1 amide bonds. The maximum atomic E-state index is 12.2. The summed E-state index contributed by atoms with van der Waals surface area (Å²) in [5.74, 6) is 0.162. The summed E-state index contributed by atoms with van der Waals surface area (Å²) in [6.45, 7) is 6.46.